The number of carbonyl (C=O) groups is 1. The van der Waals surface area contributed by atoms with Gasteiger partial charge in [0.2, 0.25) is 0 Å². The van der Waals surface area contributed by atoms with Gasteiger partial charge in [-0.25, -0.2) is 4.79 Å². The van der Waals surface area contributed by atoms with Gasteiger partial charge in [0.1, 0.15) is 0 Å². The average molecular weight is 234 g/mol. The second-order valence-corrected chi connectivity index (χ2v) is 3.84. The van der Waals surface area contributed by atoms with Crippen LogP contribution in [0, 0.1) is 6.92 Å². The maximum atomic E-state index is 11.0. The van der Waals surface area contributed by atoms with Crippen LogP contribution in [0.15, 0.2) is 24.3 Å². The van der Waals surface area contributed by atoms with Crippen molar-refractivity contribution >= 4 is 17.3 Å². The molecule has 0 atom stereocenters. The Morgan fingerprint density at radius 3 is 2.82 bits per heavy atom. The second kappa shape index (κ2) is 5.94. The molecule has 0 unspecified atom stereocenters. The molecule has 0 heterocycles. The average Bonchev–Trinajstić information content (AvgIpc) is 2.28. The Balaban J connectivity index is 2.83. The molecule has 0 aliphatic rings. The van der Waals surface area contributed by atoms with Gasteiger partial charge in [0, 0.05) is 17.9 Å². The van der Waals surface area contributed by atoms with Crippen LogP contribution in [-0.4, -0.2) is 17.6 Å². The largest absolute Gasteiger partial charge is 0.478 e. The smallest absolute Gasteiger partial charge is 0.337 e. The lowest BCUT2D eigenvalue weighted by Gasteiger charge is -2.10. The number of nitrogens with two attached hydrogens (primary N) is 1. The van der Waals surface area contributed by atoms with E-state index in [9.17, 15) is 4.79 Å². The van der Waals surface area contributed by atoms with Crippen molar-refractivity contribution in [3.05, 3.63) is 35.4 Å². The Labute approximate surface area is 101 Å². The molecule has 92 valence electrons. The fourth-order valence-corrected chi connectivity index (χ4v) is 1.54. The predicted molar refractivity (Wildman–Crippen MR) is 70.5 cm³/mol. The number of anilines is 2. The standard InChI is InChI=1S/C13H18N2O2/c1-3-4-5-6-15-10-7-9(2)12(14)11(8-10)13(16)17/h3-4,7-8,15H,5-6,14H2,1-2H3,(H,16,17)/b4-3+. The van der Waals surface area contributed by atoms with E-state index in [1.807, 2.05) is 19.1 Å². The molecule has 1 aromatic rings. The van der Waals surface area contributed by atoms with Crippen LogP contribution >= 0.6 is 0 Å². The van der Waals surface area contributed by atoms with E-state index in [2.05, 4.69) is 11.4 Å². The Morgan fingerprint density at radius 2 is 2.24 bits per heavy atom. The van der Waals surface area contributed by atoms with Gasteiger partial charge in [0.25, 0.3) is 0 Å². The highest BCUT2D eigenvalue weighted by Gasteiger charge is 2.11. The molecule has 0 spiro atoms. The molecule has 17 heavy (non-hydrogen) atoms. The van der Waals surface area contributed by atoms with Crippen LogP contribution in [0.2, 0.25) is 0 Å². The predicted octanol–water partition coefficient (Wildman–Crippen LogP) is 2.65. The van der Waals surface area contributed by atoms with Gasteiger partial charge in [-0.1, -0.05) is 12.2 Å². The molecule has 0 bridgehead atoms. The SMILES string of the molecule is C/C=C/CCNc1cc(C)c(N)c(C(=O)O)c1. The van der Waals surface area contributed by atoms with E-state index in [4.69, 9.17) is 10.8 Å². The molecule has 0 aliphatic heterocycles. The molecule has 0 aliphatic carbocycles. The number of rotatable bonds is 5. The third kappa shape index (κ3) is 3.52. The van der Waals surface area contributed by atoms with Crippen molar-refractivity contribution in [1.82, 2.24) is 0 Å². The molecule has 4 heteroatoms. The lowest BCUT2D eigenvalue weighted by atomic mass is 10.1. The van der Waals surface area contributed by atoms with Crippen molar-refractivity contribution in [3.8, 4) is 0 Å². The van der Waals surface area contributed by atoms with Crippen LogP contribution in [0.5, 0.6) is 0 Å². The van der Waals surface area contributed by atoms with E-state index in [0.29, 0.717) is 5.69 Å². The lowest BCUT2D eigenvalue weighted by molar-refractivity contribution is 0.0698. The summed E-state index contributed by atoms with van der Waals surface area (Å²) in [6.45, 7) is 4.54. The van der Waals surface area contributed by atoms with E-state index >= 15 is 0 Å². The van der Waals surface area contributed by atoms with E-state index in [1.165, 1.54) is 0 Å². The third-order valence-corrected chi connectivity index (χ3v) is 2.49. The summed E-state index contributed by atoms with van der Waals surface area (Å²) in [6.07, 6.45) is 4.94. The van der Waals surface area contributed by atoms with Gasteiger partial charge < -0.3 is 16.2 Å². The fourth-order valence-electron chi connectivity index (χ4n) is 1.54. The van der Waals surface area contributed by atoms with Gasteiger partial charge in [-0.05, 0) is 38.0 Å². The van der Waals surface area contributed by atoms with Crippen molar-refractivity contribution in [2.45, 2.75) is 20.3 Å². The molecular formula is C13H18N2O2. The first-order valence-electron chi connectivity index (χ1n) is 5.54. The summed E-state index contributed by atoms with van der Waals surface area (Å²) in [5.41, 5.74) is 7.76. The Morgan fingerprint density at radius 1 is 1.53 bits per heavy atom. The first-order chi connectivity index (χ1) is 8.06. The summed E-state index contributed by atoms with van der Waals surface area (Å²) in [4.78, 5) is 11.0. The number of allylic oxidation sites excluding steroid dienone is 1. The maximum absolute atomic E-state index is 11.0. The van der Waals surface area contributed by atoms with E-state index in [1.54, 1.807) is 13.0 Å². The number of nitrogens with one attached hydrogen (secondary N) is 1. The number of aromatic carboxylic acids is 1. The van der Waals surface area contributed by atoms with Crippen LogP contribution in [-0.2, 0) is 0 Å². The van der Waals surface area contributed by atoms with Crippen LogP contribution in [0.3, 0.4) is 0 Å². The normalized spacial score (nSPS) is 10.7. The first-order valence-corrected chi connectivity index (χ1v) is 5.54. The van der Waals surface area contributed by atoms with Crippen molar-refractivity contribution < 1.29 is 9.90 Å². The van der Waals surface area contributed by atoms with Gasteiger partial charge in [-0.2, -0.15) is 0 Å². The zero-order chi connectivity index (χ0) is 12.8. The minimum Gasteiger partial charge on any atom is -0.478 e. The minimum atomic E-state index is -0.997. The van der Waals surface area contributed by atoms with Crippen LogP contribution < -0.4 is 11.1 Å². The molecule has 0 saturated heterocycles. The highest BCUT2D eigenvalue weighted by molar-refractivity contribution is 5.95. The summed E-state index contributed by atoms with van der Waals surface area (Å²) < 4.78 is 0. The maximum Gasteiger partial charge on any atom is 0.337 e. The fraction of sp³-hybridized carbons (Fsp3) is 0.308. The summed E-state index contributed by atoms with van der Waals surface area (Å²) in [5.74, 6) is -0.997. The molecule has 4 N–H and O–H groups in total. The molecule has 1 rings (SSSR count). The molecule has 4 nitrogen and oxygen atoms in total. The molecule has 0 radical (unpaired) electrons. The monoisotopic (exact) mass is 234 g/mol. The van der Waals surface area contributed by atoms with Crippen molar-refractivity contribution in [2.75, 3.05) is 17.6 Å². The van der Waals surface area contributed by atoms with Gasteiger partial charge in [-0.15, -0.1) is 0 Å². The van der Waals surface area contributed by atoms with E-state index < -0.39 is 5.97 Å². The zero-order valence-corrected chi connectivity index (χ0v) is 10.2. The van der Waals surface area contributed by atoms with E-state index in [0.717, 1.165) is 24.2 Å². The minimum absolute atomic E-state index is 0.151. The highest BCUT2D eigenvalue weighted by atomic mass is 16.4. The summed E-state index contributed by atoms with van der Waals surface area (Å²) in [7, 11) is 0. The number of carboxylic acids is 1. The summed E-state index contributed by atoms with van der Waals surface area (Å²) in [6, 6.07) is 3.43. The quantitative estimate of drug-likeness (QED) is 0.416. The number of benzene rings is 1. The van der Waals surface area contributed by atoms with Crippen LogP contribution in [0.4, 0.5) is 11.4 Å². The van der Waals surface area contributed by atoms with Crippen molar-refractivity contribution in [1.29, 1.82) is 0 Å². The number of hydrogen-bond acceptors (Lipinski definition) is 3. The number of carboxylic acid groups (broad SMARTS) is 1. The van der Waals surface area contributed by atoms with Gasteiger partial charge in [0.15, 0.2) is 0 Å². The third-order valence-electron chi connectivity index (χ3n) is 2.49. The molecular weight excluding hydrogens is 216 g/mol. The number of aryl methyl sites for hydroxylation is 1. The van der Waals surface area contributed by atoms with Gasteiger partial charge >= 0.3 is 5.97 Å². The Hall–Kier alpha value is -1.97. The summed E-state index contributed by atoms with van der Waals surface area (Å²) >= 11 is 0. The topological polar surface area (TPSA) is 75.3 Å². The number of hydrogen-bond donors (Lipinski definition) is 3. The zero-order valence-electron chi connectivity index (χ0n) is 10.2. The molecule has 0 aromatic heterocycles. The van der Waals surface area contributed by atoms with Crippen LogP contribution in [0.1, 0.15) is 29.3 Å². The van der Waals surface area contributed by atoms with Crippen molar-refractivity contribution in [3.63, 3.8) is 0 Å². The molecule has 1 aromatic carbocycles. The lowest BCUT2D eigenvalue weighted by Crippen LogP contribution is -2.07. The number of nitrogen functional groups attached to an aromatic ring is 1. The summed E-state index contributed by atoms with van der Waals surface area (Å²) in [5, 5.41) is 12.2. The highest BCUT2D eigenvalue weighted by Crippen LogP contribution is 2.22. The van der Waals surface area contributed by atoms with Gasteiger partial charge in [-0.3, -0.25) is 0 Å². The Bertz CT molecular complexity index is 439. The van der Waals surface area contributed by atoms with Gasteiger partial charge in [0.05, 0.1) is 5.56 Å². The van der Waals surface area contributed by atoms with E-state index in [-0.39, 0.29) is 5.56 Å². The molecule has 0 saturated carbocycles. The first kappa shape index (κ1) is 13.1. The molecule has 0 amide bonds. The van der Waals surface area contributed by atoms with Crippen molar-refractivity contribution in [2.24, 2.45) is 0 Å². The second-order valence-electron chi connectivity index (χ2n) is 3.84. The van der Waals surface area contributed by atoms with Crippen LogP contribution in [0.25, 0.3) is 0 Å². The molecule has 0 fully saturated rings. The Kier molecular flexibility index (Phi) is 4.57.